The largest absolute Gasteiger partial charge is 0.452 e. The number of carbonyl (C=O) groups is 2. The summed E-state index contributed by atoms with van der Waals surface area (Å²) in [7, 11) is 0. The molecular formula is C16H14F2N2O3. The van der Waals surface area contributed by atoms with Crippen molar-refractivity contribution in [2.75, 3.05) is 12.3 Å². The zero-order valence-corrected chi connectivity index (χ0v) is 12.0. The first-order valence-corrected chi connectivity index (χ1v) is 6.69. The fraction of sp³-hybridized carbons (Fsp3) is 0.125. The van der Waals surface area contributed by atoms with E-state index >= 15 is 0 Å². The van der Waals surface area contributed by atoms with Crippen LogP contribution in [0.15, 0.2) is 42.5 Å². The van der Waals surface area contributed by atoms with E-state index in [1.165, 1.54) is 24.3 Å². The molecule has 0 atom stereocenters. The molecule has 0 unspecified atom stereocenters. The SMILES string of the molecule is Nc1cc(F)ccc1C(=O)OCC(=O)NCc1ccccc1F. The Morgan fingerprint density at radius 2 is 1.87 bits per heavy atom. The molecule has 0 bridgehead atoms. The smallest absolute Gasteiger partial charge is 0.340 e. The average Bonchev–Trinajstić information content (AvgIpc) is 2.52. The van der Waals surface area contributed by atoms with Gasteiger partial charge in [0, 0.05) is 17.8 Å². The van der Waals surface area contributed by atoms with Crippen LogP contribution in [-0.4, -0.2) is 18.5 Å². The molecule has 7 heteroatoms. The van der Waals surface area contributed by atoms with Gasteiger partial charge in [-0.05, 0) is 24.3 Å². The molecule has 0 spiro atoms. The van der Waals surface area contributed by atoms with E-state index in [2.05, 4.69) is 5.32 Å². The summed E-state index contributed by atoms with van der Waals surface area (Å²) in [6, 6.07) is 9.20. The molecule has 0 fully saturated rings. The Labute approximate surface area is 131 Å². The first-order valence-electron chi connectivity index (χ1n) is 6.69. The van der Waals surface area contributed by atoms with Crippen LogP contribution in [0.4, 0.5) is 14.5 Å². The summed E-state index contributed by atoms with van der Waals surface area (Å²) in [6.45, 7) is -0.578. The van der Waals surface area contributed by atoms with Crippen molar-refractivity contribution in [3.05, 3.63) is 65.2 Å². The van der Waals surface area contributed by atoms with Crippen LogP contribution in [0.3, 0.4) is 0 Å². The lowest BCUT2D eigenvalue weighted by Crippen LogP contribution is -2.28. The predicted molar refractivity (Wildman–Crippen MR) is 79.3 cm³/mol. The highest BCUT2D eigenvalue weighted by Gasteiger charge is 2.14. The van der Waals surface area contributed by atoms with Crippen molar-refractivity contribution in [3.8, 4) is 0 Å². The van der Waals surface area contributed by atoms with Crippen molar-refractivity contribution >= 4 is 17.6 Å². The molecule has 2 rings (SSSR count). The summed E-state index contributed by atoms with van der Waals surface area (Å²) in [5, 5.41) is 2.42. The van der Waals surface area contributed by atoms with Crippen LogP contribution in [0, 0.1) is 11.6 Å². The number of benzene rings is 2. The minimum Gasteiger partial charge on any atom is -0.452 e. The summed E-state index contributed by atoms with van der Waals surface area (Å²) >= 11 is 0. The number of carbonyl (C=O) groups excluding carboxylic acids is 2. The lowest BCUT2D eigenvalue weighted by Gasteiger charge is -2.08. The van der Waals surface area contributed by atoms with Gasteiger partial charge in [0.15, 0.2) is 6.61 Å². The van der Waals surface area contributed by atoms with Gasteiger partial charge in [-0.15, -0.1) is 0 Å². The number of hydrogen-bond acceptors (Lipinski definition) is 4. The Balaban J connectivity index is 1.84. The highest BCUT2D eigenvalue weighted by Crippen LogP contribution is 2.14. The zero-order chi connectivity index (χ0) is 16.8. The van der Waals surface area contributed by atoms with Crippen molar-refractivity contribution in [2.45, 2.75) is 6.54 Å². The second kappa shape index (κ2) is 7.35. The van der Waals surface area contributed by atoms with Crippen molar-refractivity contribution in [2.24, 2.45) is 0 Å². The Kier molecular flexibility index (Phi) is 5.24. The molecule has 120 valence electrons. The lowest BCUT2D eigenvalue weighted by molar-refractivity contribution is -0.124. The molecule has 0 aromatic heterocycles. The van der Waals surface area contributed by atoms with E-state index < -0.39 is 30.1 Å². The number of ether oxygens (including phenoxy) is 1. The highest BCUT2D eigenvalue weighted by molar-refractivity contribution is 5.96. The number of amides is 1. The molecule has 0 saturated heterocycles. The quantitative estimate of drug-likeness (QED) is 0.652. The molecule has 2 aromatic rings. The summed E-state index contributed by atoms with van der Waals surface area (Å²) < 4.78 is 31.0. The predicted octanol–water partition coefficient (Wildman–Crippen LogP) is 2.02. The van der Waals surface area contributed by atoms with E-state index in [4.69, 9.17) is 10.5 Å². The monoisotopic (exact) mass is 320 g/mol. The third-order valence-corrected chi connectivity index (χ3v) is 3.00. The molecule has 0 aliphatic carbocycles. The van der Waals surface area contributed by atoms with E-state index in [0.717, 1.165) is 12.1 Å². The van der Waals surface area contributed by atoms with E-state index in [-0.39, 0.29) is 17.8 Å². The van der Waals surface area contributed by atoms with E-state index in [1.54, 1.807) is 6.07 Å². The highest BCUT2D eigenvalue weighted by atomic mass is 19.1. The van der Waals surface area contributed by atoms with E-state index in [9.17, 15) is 18.4 Å². The first-order chi connectivity index (χ1) is 11.0. The maximum Gasteiger partial charge on any atom is 0.340 e. The molecular weight excluding hydrogens is 306 g/mol. The lowest BCUT2D eigenvalue weighted by atomic mass is 10.2. The molecule has 0 heterocycles. The number of halogens is 2. The topological polar surface area (TPSA) is 81.4 Å². The number of nitrogen functional groups attached to an aromatic ring is 1. The van der Waals surface area contributed by atoms with Crippen molar-refractivity contribution in [3.63, 3.8) is 0 Å². The Morgan fingerprint density at radius 3 is 2.57 bits per heavy atom. The van der Waals surface area contributed by atoms with Gasteiger partial charge in [0.1, 0.15) is 11.6 Å². The van der Waals surface area contributed by atoms with E-state index in [1.807, 2.05) is 0 Å². The molecule has 0 aliphatic rings. The molecule has 0 saturated carbocycles. The van der Waals surface area contributed by atoms with Gasteiger partial charge in [0.05, 0.1) is 5.56 Å². The molecule has 2 aromatic carbocycles. The zero-order valence-electron chi connectivity index (χ0n) is 12.0. The maximum absolute atomic E-state index is 13.4. The van der Waals surface area contributed by atoms with Gasteiger partial charge in [-0.3, -0.25) is 4.79 Å². The second-order valence-corrected chi connectivity index (χ2v) is 4.68. The van der Waals surface area contributed by atoms with Crippen molar-refractivity contribution in [1.82, 2.24) is 5.32 Å². The van der Waals surface area contributed by atoms with E-state index in [0.29, 0.717) is 5.56 Å². The number of nitrogens with two attached hydrogens (primary N) is 1. The molecule has 5 nitrogen and oxygen atoms in total. The third-order valence-electron chi connectivity index (χ3n) is 3.00. The third kappa shape index (κ3) is 4.50. The number of nitrogens with one attached hydrogen (secondary N) is 1. The number of esters is 1. The Hall–Kier alpha value is -2.96. The number of rotatable bonds is 5. The molecule has 1 amide bonds. The van der Waals surface area contributed by atoms with Crippen LogP contribution in [-0.2, 0) is 16.1 Å². The molecule has 3 N–H and O–H groups in total. The fourth-order valence-electron chi connectivity index (χ4n) is 1.81. The summed E-state index contributed by atoms with van der Waals surface area (Å²) in [5.74, 6) is -2.46. The van der Waals surface area contributed by atoms with Gasteiger partial charge in [0.25, 0.3) is 5.91 Å². The first kappa shape index (κ1) is 16.4. The van der Waals surface area contributed by atoms with Gasteiger partial charge in [0.2, 0.25) is 0 Å². The van der Waals surface area contributed by atoms with Crippen LogP contribution < -0.4 is 11.1 Å². The molecule has 0 aliphatic heterocycles. The normalized spacial score (nSPS) is 10.2. The minimum absolute atomic E-state index is 0.0260. The van der Waals surface area contributed by atoms with Crippen molar-refractivity contribution < 1.29 is 23.1 Å². The van der Waals surface area contributed by atoms with Gasteiger partial charge >= 0.3 is 5.97 Å². The Morgan fingerprint density at radius 1 is 1.13 bits per heavy atom. The van der Waals surface area contributed by atoms with Gasteiger partial charge < -0.3 is 15.8 Å². The van der Waals surface area contributed by atoms with Crippen LogP contribution in [0.25, 0.3) is 0 Å². The maximum atomic E-state index is 13.4. The van der Waals surface area contributed by atoms with Gasteiger partial charge in [-0.1, -0.05) is 18.2 Å². The minimum atomic E-state index is -0.844. The van der Waals surface area contributed by atoms with Crippen LogP contribution >= 0.6 is 0 Å². The van der Waals surface area contributed by atoms with Crippen LogP contribution in [0.2, 0.25) is 0 Å². The molecule has 0 radical (unpaired) electrons. The summed E-state index contributed by atoms with van der Waals surface area (Å²) in [4.78, 5) is 23.3. The molecule has 23 heavy (non-hydrogen) atoms. The summed E-state index contributed by atoms with van der Waals surface area (Å²) in [5.41, 5.74) is 5.70. The second-order valence-electron chi connectivity index (χ2n) is 4.68. The Bertz CT molecular complexity index is 735. The number of anilines is 1. The standard InChI is InChI=1S/C16H14F2N2O3/c17-11-5-6-12(14(19)7-11)16(22)23-9-15(21)20-8-10-3-1-2-4-13(10)18/h1-7H,8-9,19H2,(H,20,21). The van der Waals surface area contributed by atoms with Crippen LogP contribution in [0.1, 0.15) is 15.9 Å². The average molecular weight is 320 g/mol. The fourth-order valence-corrected chi connectivity index (χ4v) is 1.81. The van der Waals surface area contributed by atoms with Gasteiger partial charge in [-0.2, -0.15) is 0 Å². The van der Waals surface area contributed by atoms with Gasteiger partial charge in [-0.25, -0.2) is 13.6 Å². The van der Waals surface area contributed by atoms with Crippen LogP contribution in [0.5, 0.6) is 0 Å². The van der Waals surface area contributed by atoms with Crippen molar-refractivity contribution in [1.29, 1.82) is 0 Å². The number of hydrogen-bond donors (Lipinski definition) is 2. The summed E-state index contributed by atoms with van der Waals surface area (Å²) in [6.07, 6.45) is 0.